The second-order valence-electron chi connectivity index (χ2n) is 4.87. The van der Waals surface area contributed by atoms with E-state index in [1.165, 1.54) is 18.4 Å². The molecular weight excluding hydrogens is 204 g/mol. The summed E-state index contributed by atoms with van der Waals surface area (Å²) in [5.41, 5.74) is 1.02. The predicted octanol–water partition coefficient (Wildman–Crippen LogP) is 3.62. The first-order valence-electron chi connectivity index (χ1n) is 5.95. The molecule has 2 heteroatoms. The van der Waals surface area contributed by atoms with Crippen molar-refractivity contribution in [1.29, 1.82) is 0 Å². The third-order valence-electron chi connectivity index (χ3n) is 3.72. The molecule has 0 saturated heterocycles. The molecule has 84 valence electrons. The minimum atomic E-state index is -0.359. The fraction of sp³-hybridized carbons (Fsp3) is 0.692. The average Bonchev–Trinajstić information content (AvgIpc) is 2.84. The van der Waals surface area contributed by atoms with Crippen molar-refractivity contribution in [3.8, 4) is 0 Å². The van der Waals surface area contributed by atoms with Crippen LogP contribution in [0.4, 0.5) is 0 Å². The topological polar surface area (TPSA) is 20.2 Å². The summed E-state index contributed by atoms with van der Waals surface area (Å²) in [5.74, 6) is 0.762. The second kappa shape index (κ2) is 4.67. The van der Waals surface area contributed by atoms with Gasteiger partial charge in [0.05, 0.1) is 5.60 Å². The number of hydrogen-bond acceptors (Lipinski definition) is 2. The summed E-state index contributed by atoms with van der Waals surface area (Å²) in [6, 6.07) is 2.17. The zero-order valence-corrected chi connectivity index (χ0v) is 10.2. The predicted molar refractivity (Wildman–Crippen MR) is 65.2 cm³/mol. The molecule has 0 bridgehead atoms. The van der Waals surface area contributed by atoms with Gasteiger partial charge in [-0.2, -0.15) is 11.3 Å². The number of aliphatic hydroxyl groups is 1. The Morgan fingerprint density at radius 2 is 2.47 bits per heavy atom. The van der Waals surface area contributed by atoms with Gasteiger partial charge in [0.2, 0.25) is 0 Å². The van der Waals surface area contributed by atoms with E-state index >= 15 is 0 Å². The zero-order valence-electron chi connectivity index (χ0n) is 9.41. The van der Waals surface area contributed by atoms with Gasteiger partial charge in [-0.05, 0) is 60.4 Å². The highest BCUT2D eigenvalue weighted by Gasteiger charge is 2.35. The van der Waals surface area contributed by atoms with E-state index in [0.29, 0.717) is 0 Å². The molecule has 2 rings (SSSR count). The first-order chi connectivity index (χ1) is 7.22. The number of rotatable bonds is 4. The van der Waals surface area contributed by atoms with E-state index in [0.717, 1.165) is 31.6 Å². The molecule has 0 amide bonds. The Kier molecular flexibility index (Phi) is 3.47. The van der Waals surface area contributed by atoms with Gasteiger partial charge < -0.3 is 5.11 Å². The van der Waals surface area contributed by atoms with Crippen LogP contribution in [0.2, 0.25) is 0 Å². The molecule has 1 aliphatic rings. The Balaban J connectivity index is 1.84. The molecule has 0 radical (unpaired) electrons. The number of thiophene rings is 1. The molecule has 1 aliphatic carbocycles. The molecule has 15 heavy (non-hydrogen) atoms. The van der Waals surface area contributed by atoms with Crippen LogP contribution in [0.15, 0.2) is 16.8 Å². The first kappa shape index (κ1) is 11.2. The van der Waals surface area contributed by atoms with Gasteiger partial charge in [-0.25, -0.2) is 0 Å². The van der Waals surface area contributed by atoms with Crippen LogP contribution in [-0.2, 0) is 6.42 Å². The van der Waals surface area contributed by atoms with Crippen molar-refractivity contribution in [3.63, 3.8) is 0 Å². The Labute approximate surface area is 96.1 Å². The summed E-state index contributed by atoms with van der Waals surface area (Å²) >= 11 is 1.74. The maximum Gasteiger partial charge on any atom is 0.0653 e. The molecule has 2 unspecified atom stereocenters. The van der Waals surface area contributed by atoms with Gasteiger partial charge in [0.25, 0.3) is 0 Å². The van der Waals surface area contributed by atoms with Crippen molar-refractivity contribution in [2.45, 2.75) is 51.0 Å². The van der Waals surface area contributed by atoms with Crippen LogP contribution in [0.5, 0.6) is 0 Å². The molecule has 1 nitrogen and oxygen atoms in total. The van der Waals surface area contributed by atoms with Crippen LogP contribution in [0, 0.1) is 5.92 Å². The summed E-state index contributed by atoms with van der Waals surface area (Å²) < 4.78 is 0. The molecule has 1 heterocycles. The maximum absolute atomic E-state index is 10.4. The smallest absolute Gasteiger partial charge is 0.0653 e. The summed E-state index contributed by atoms with van der Waals surface area (Å²) in [5, 5.41) is 14.7. The van der Waals surface area contributed by atoms with Crippen molar-refractivity contribution in [2.24, 2.45) is 5.92 Å². The molecular formula is C13H20OS. The number of hydrogen-bond donors (Lipinski definition) is 1. The molecule has 1 N–H and O–H groups in total. The Hall–Kier alpha value is -0.340. The van der Waals surface area contributed by atoms with Gasteiger partial charge in [0.1, 0.15) is 0 Å². The largest absolute Gasteiger partial charge is 0.390 e. The summed E-state index contributed by atoms with van der Waals surface area (Å²) in [7, 11) is 0. The minimum absolute atomic E-state index is 0.359. The van der Waals surface area contributed by atoms with E-state index in [1.54, 1.807) is 11.3 Å². The summed E-state index contributed by atoms with van der Waals surface area (Å²) in [4.78, 5) is 0. The van der Waals surface area contributed by atoms with E-state index in [9.17, 15) is 5.11 Å². The zero-order chi connectivity index (χ0) is 10.7. The molecule has 0 spiro atoms. The monoisotopic (exact) mass is 224 g/mol. The molecule has 0 aliphatic heterocycles. The highest BCUT2D eigenvalue weighted by Crippen LogP contribution is 2.39. The molecule has 1 aromatic heterocycles. The third kappa shape index (κ3) is 2.82. The maximum atomic E-state index is 10.4. The highest BCUT2D eigenvalue weighted by atomic mass is 32.1. The summed E-state index contributed by atoms with van der Waals surface area (Å²) in [6.07, 6.45) is 6.46. The summed E-state index contributed by atoms with van der Waals surface area (Å²) in [6.45, 7) is 2.23. The van der Waals surface area contributed by atoms with E-state index in [4.69, 9.17) is 0 Å². The van der Waals surface area contributed by atoms with Crippen LogP contribution in [0.3, 0.4) is 0 Å². The molecule has 0 aromatic carbocycles. The van der Waals surface area contributed by atoms with Gasteiger partial charge in [0, 0.05) is 0 Å². The van der Waals surface area contributed by atoms with Gasteiger partial charge in [0.15, 0.2) is 0 Å². The Morgan fingerprint density at radius 3 is 3.07 bits per heavy atom. The normalized spacial score (nSPS) is 30.9. The van der Waals surface area contributed by atoms with Crippen molar-refractivity contribution in [2.75, 3.05) is 0 Å². The lowest BCUT2D eigenvalue weighted by Crippen LogP contribution is -2.25. The van der Waals surface area contributed by atoms with E-state index in [-0.39, 0.29) is 5.60 Å². The quantitative estimate of drug-likeness (QED) is 0.828. The van der Waals surface area contributed by atoms with Gasteiger partial charge in [-0.1, -0.05) is 13.3 Å². The Morgan fingerprint density at radius 1 is 1.60 bits per heavy atom. The lowest BCUT2D eigenvalue weighted by atomic mass is 9.92. The van der Waals surface area contributed by atoms with Gasteiger partial charge >= 0.3 is 0 Å². The van der Waals surface area contributed by atoms with Crippen molar-refractivity contribution < 1.29 is 5.11 Å². The van der Waals surface area contributed by atoms with E-state index in [1.807, 2.05) is 0 Å². The van der Waals surface area contributed by atoms with Crippen molar-refractivity contribution in [1.82, 2.24) is 0 Å². The van der Waals surface area contributed by atoms with Crippen LogP contribution >= 0.6 is 11.3 Å². The molecule has 1 saturated carbocycles. The fourth-order valence-electron chi connectivity index (χ4n) is 2.60. The lowest BCUT2D eigenvalue weighted by molar-refractivity contribution is 0.0348. The van der Waals surface area contributed by atoms with Crippen LogP contribution in [0.1, 0.15) is 44.6 Å². The molecule has 1 fully saturated rings. The van der Waals surface area contributed by atoms with Crippen molar-refractivity contribution in [3.05, 3.63) is 22.4 Å². The van der Waals surface area contributed by atoms with Gasteiger partial charge in [-0.15, -0.1) is 0 Å². The van der Waals surface area contributed by atoms with Crippen LogP contribution in [0.25, 0.3) is 0 Å². The molecule has 2 atom stereocenters. The SMILES string of the molecule is CCC1CCC(O)(CCc2ccsc2)C1. The lowest BCUT2D eigenvalue weighted by Gasteiger charge is -2.22. The first-order valence-corrected chi connectivity index (χ1v) is 6.89. The molecule has 1 aromatic rings. The van der Waals surface area contributed by atoms with Crippen LogP contribution in [-0.4, -0.2) is 10.7 Å². The number of aryl methyl sites for hydroxylation is 1. The Bertz CT molecular complexity index is 293. The second-order valence-corrected chi connectivity index (χ2v) is 5.65. The minimum Gasteiger partial charge on any atom is -0.390 e. The van der Waals surface area contributed by atoms with Crippen molar-refractivity contribution >= 4 is 11.3 Å². The van der Waals surface area contributed by atoms with Gasteiger partial charge in [-0.3, -0.25) is 0 Å². The van der Waals surface area contributed by atoms with E-state index < -0.39 is 0 Å². The fourth-order valence-corrected chi connectivity index (χ4v) is 3.30. The average molecular weight is 224 g/mol. The highest BCUT2D eigenvalue weighted by molar-refractivity contribution is 7.07. The standard InChI is InChI=1S/C13H20OS/c1-2-11-3-6-13(14,9-11)7-4-12-5-8-15-10-12/h5,8,10-11,14H,2-4,6-7,9H2,1H3. The van der Waals surface area contributed by atoms with E-state index in [2.05, 4.69) is 23.8 Å². The third-order valence-corrected chi connectivity index (χ3v) is 4.46. The van der Waals surface area contributed by atoms with Crippen LogP contribution < -0.4 is 0 Å².